The molecule has 0 aliphatic carbocycles. The Morgan fingerprint density at radius 2 is 2.05 bits per heavy atom. The first-order valence-electron chi connectivity index (χ1n) is 7.09. The van der Waals surface area contributed by atoms with Crippen molar-refractivity contribution in [2.75, 3.05) is 12.8 Å². The fourth-order valence-corrected chi connectivity index (χ4v) is 5.19. The zero-order chi connectivity index (χ0) is 14.4. The molecule has 0 radical (unpaired) electrons. The van der Waals surface area contributed by atoms with Gasteiger partial charge >= 0.3 is 5.97 Å². The van der Waals surface area contributed by atoms with Crippen LogP contribution in [0.25, 0.3) is 0 Å². The zero-order valence-electron chi connectivity index (χ0n) is 11.8. The summed E-state index contributed by atoms with van der Waals surface area (Å²) in [7, 11) is -2.88. The maximum absolute atomic E-state index is 12.7. The molecule has 1 saturated heterocycles. The van der Waals surface area contributed by atoms with Crippen LogP contribution in [-0.2, 0) is 25.2 Å². The van der Waals surface area contributed by atoms with Crippen LogP contribution in [0, 0.1) is 0 Å². The summed E-state index contributed by atoms with van der Waals surface area (Å²) in [5.74, 6) is -0.384. The van der Waals surface area contributed by atoms with Gasteiger partial charge in [-0.1, -0.05) is 36.8 Å². The fraction of sp³-hybridized carbons (Fsp3) is 0.533. The van der Waals surface area contributed by atoms with E-state index in [0.717, 1.165) is 18.4 Å². The van der Waals surface area contributed by atoms with Crippen molar-refractivity contribution in [1.29, 1.82) is 0 Å². The van der Waals surface area contributed by atoms with Crippen LogP contribution in [0.1, 0.15) is 31.7 Å². The van der Waals surface area contributed by atoms with Gasteiger partial charge in [0.25, 0.3) is 0 Å². The monoisotopic (exact) mass is 296 g/mol. The summed E-state index contributed by atoms with van der Waals surface area (Å²) in [5.41, 5.74) is 0.350. The Bertz CT molecular complexity index is 480. The highest BCUT2D eigenvalue weighted by Crippen LogP contribution is 2.57. The minimum absolute atomic E-state index is 0.225. The highest BCUT2D eigenvalue weighted by atomic mass is 31.2. The van der Waals surface area contributed by atoms with Gasteiger partial charge < -0.3 is 9.26 Å². The molecule has 5 heteroatoms. The van der Waals surface area contributed by atoms with Crippen molar-refractivity contribution < 1.29 is 18.6 Å². The predicted octanol–water partition coefficient (Wildman–Crippen LogP) is 3.60. The van der Waals surface area contributed by atoms with Gasteiger partial charge in [-0.2, -0.15) is 0 Å². The Labute approximate surface area is 119 Å². The minimum atomic E-state index is -2.88. The van der Waals surface area contributed by atoms with Crippen LogP contribution in [0.4, 0.5) is 0 Å². The molecule has 0 aromatic heterocycles. The third-order valence-electron chi connectivity index (χ3n) is 3.52. The summed E-state index contributed by atoms with van der Waals surface area (Å²) in [6.45, 7) is 2.41. The summed E-state index contributed by atoms with van der Waals surface area (Å²) < 4.78 is 23.4. The molecule has 1 aromatic rings. The topological polar surface area (TPSA) is 52.6 Å². The molecule has 2 atom stereocenters. The van der Waals surface area contributed by atoms with Crippen molar-refractivity contribution in [3.05, 3.63) is 35.9 Å². The number of carbonyl (C=O) groups is 1. The first-order valence-corrected chi connectivity index (χ1v) is 8.97. The lowest BCUT2D eigenvalue weighted by atomic mass is 10.2. The number of esters is 1. The molecule has 0 saturated carbocycles. The SMILES string of the molecule is CCOP1(=O)CCCCC1C(=O)OCc1ccccc1. The molecular formula is C15H21O4P. The first-order chi connectivity index (χ1) is 9.65. The van der Waals surface area contributed by atoms with E-state index in [0.29, 0.717) is 19.2 Å². The molecule has 1 heterocycles. The minimum Gasteiger partial charge on any atom is -0.460 e. The second-order valence-corrected chi connectivity index (χ2v) is 7.75. The molecule has 1 aliphatic heterocycles. The Hall–Kier alpha value is -1.12. The molecule has 4 nitrogen and oxygen atoms in total. The largest absolute Gasteiger partial charge is 0.460 e. The van der Waals surface area contributed by atoms with E-state index in [1.165, 1.54) is 0 Å². The van der Waals surface area contributed by atoms with Gasteiger partial charge in [-0.05, 0) is 25.3 Å². The maximum atomic E-state index is 12.7. The number of rotatable bonds is 5. The molecule has 110 valence electrons. The smallest absolute Gasteiger partial charge is 0.319 e. The van der Waals surface area contributed by atoms with Gasteiger partial charge in [-0.3, -0.25) is 9.36 Å². The van der Waals surface area contributed by atoms with E-state index in [4.69, 9.17) is 9.26 Å². The predicted molar refractivity (Wildman–Crippen MR) is 78.0 cm³/mol. The standard InChI is InChI=1S/C15H21O4P/c1-2-19-20(17)11-7-6-10-14(20)15(16)18-12-13-8-4-3-5-9-13/h3-5,8-9,14H,2,6-7,10-12H2,1H3. The van der Waals surface area contributed by atoms with E-state index in [2.05, 4.69) is 0 Å². The number of benzene rings is 1. The van der Waals surface area contributed by atoms with Gasteiger partial charge in [0, 0.05) is 6.16 Å². The van der Waals surface area contributed by atoms with Gasteiger partial charge in [0.05, 0.1) is 6.61 Å². The quantitative estimate of drug-likeness (QED) is 0.615. The van der Waals surface area contributed by atoms with Crippen LogP contribution < -0.4 is 0 Å². The highest BCUT2D eigenvalue weighted by molar-refractivity contribution is 7.60. The van der Waals surface area contributed by atoms with Gasteiger partial charge in [0.15, 0.2) is 0 Å². The summed E-state index contributed by atoms with van der Waals surface area (Å²) in [5, 5.41) is 0. The Morgan fingerprint density at radius 1 is 1.30 bits per heavy atom. The number of hydrogen-bond acceptors (Lipinski definition) is 4. The fourth-order valence-electron chi connectivity index (χ4n) is 2.50. The Balaban J connectivity index is 1.98. The Kier molecular flexibility index (Phi) is 5.38. The molecule has 1 aliphatic rings. The van der Waals surface area contributed by atoms with Gasteiger partial charge in [0.1, 0.15) is 12.3 Å². The molecule has 20 heavy (non-hydrogen) atoms. The molecule has 1 fully saturated rings. The van der Waals surface area contributed by atoms with E-state index in [1.54, 1.807) is 6.92 Å². The van der Waals surface area contributed by atoms with Crippen molar-refractivity contribution in [1.82, 2.24) is 0 Å². The van der Waals surface area contributed by atoms with Crippen molar-refractivity contribution in [2.24, 2.45) is 0 Å². The van der Waals surface area contributed by atoms with Crippen LogP contribution in [0.2, 0.25) is 0 Å². The molecule has 2 rings (SSSR count). The molecule has 0 bridgehead atoms. The van der Waals surface area contributed by atoms with E-state index in [9.17, 15) is 9.36 Å². The number of carbonyl (C=O) groups excluding carboxylic acids is 1. The third-order valence-corrected chi connectivity index (χ3v) is 6.57. The third kappa shape index (κ3) is 3.71. The average molecular weight is 296 g/mol. The lowest BCUT2D eigenvalue weighted by molar-refractivity contribution is -0.145. The summed E-state index contributed by atoms with van der Waals surface area (Å²) in [6, 6.07) is 9.51. The van der Waals surface area contributed by atoms with Crippen LogP contribution in [0.3, 0.4) is 0 Å². The van der Waals surface area contributed by atoms with Crippen molar-refractivity contribution in [3.63, 3.8) is 0 Å². The van der Waals surface area contributed by atoms with Crippen molar-refractivity contribution >= 4 is 13.3 Å². The van der Waals surface area contributed by atoms with E-state index in [1.807, 2.05) is 30.3 Å². The molecule has 0 spiro atoms. The van der Waals surface area contributed by atoms with Crippen molar-refractivity contribution in [3.8, 4) is 0 Å². The van der Waals surface area contributed by atoms with Crippen LogP contribution >= 0.6 is 7.37 Å². The second-order valence-electron chi connectivity index (χ2n) is 4.97. The molecule has 0 N–H and O–H groups in total. The number of ether oxygens (including phenoxy) is 1. The van der Waals surface area contributed by atoms with E-state index < -0.39 is 13.0 Å². The van der Waals surface area contributed by atoms with Crippen LogP contribution in [-0.4, -0.2) is 24.4 Å². The first kappa shape index (κ1) is 15.3. The van der Waals surface area contributed by atoms with Crippen LogP contribution in [0.5, 0.6) is 0 Å². The summed E-state index contributed by atoms with van der Waals surface area (Å²) >= 11 is 0. The Morgan fingerprint density at radius 3 is 2.75 bits per heavy atom. The van der Waals surface area contributed by atoms with Gasteiger partial charge in [-0.25, -0.2) is 0 Å². The summed E-state index contributed by atoms with van der Waals surface area (Å²) in [4.78, 5) is 12.2. The lowest BCUT2D eigenvalue weighted by Gasteiger charge is -2.29. The van der Waals surface area contributed by atoms with E-state index >= 15 is 0 Å². The molecule has 1 aromatic carbocycles. The molecular weight excluding hydrogens is 275 g/mol. The van der Waals surface area contributed by atoms with E-state index in [-0.39, 0.29) is 12.6 Å². The lowest BCUT2D eigenvalue weighted by Crippen LogP contribution is -2.28. The highest BCUT2D eigenvalue weighted by Gasteiger charge is 2.42. The maximum Gasteiger partial charge on any atom is 0.319 e. The van der Waals surface area contributed by atoms with Crippen LogP contribution in [0.15, 0.2) is 30.3 Å². The zero-order valence-corrected chi connectivity index (χ0v) is 12.7. The average Bonchev–Trinajstić information content (AvgIpc) is 2.46. The van der Waals surface area contributed by atoms with Crippen molar-refractivity contribution in [2.45, 2.75) is 38.5 Å². The molecule has 0 amide bonds. The summed E-state index contributed by atoms with van der Waals surface area (Å²) in [6.07, 6.45) is 2.86. The molecule has 2 unspecified atom stereocenters. The van der Waals surface area contributed by atoms with Gasteiger partial charge in [0.2, 0.25) is 7.37 Å². The number of hydrogen-bond donors (Lipinski definition) is 0. The second kappa shape index (κ2) is 7.05. The normalized spacial score (nSPS) is 26.1. The van der Waals surface area contributed by atoms with Gasteiger partial charge in [-0.15, -0.1) is 0 Å².